The van der Waals surface area contributed by atoms with Crippen LogP contribution in [0.15, 0.2) is 18.2 Å². The minimum atomic E-state index is -0.472. The third kappa shape index (κ3) is 2.14. The predicted molar refractivity (Wildman–Crippen MR) is 51.9 cm³/mol. The molecule has 0 amide bonds. The average Bonchev–Trinajstić information content (AvgIpc) is 2.17. The summed E-state index contributed by atoms with van der Waals surface area (Å²) >= 11 is 0. The second-order valence-corrected chi connectivity index (χ2v) is 2.59. The van der Waals surface area contributed by atoms with Gasteiger partial charge in [0, 0.05) is 6.07 Å². The number of phenolic OH excluding ortho intramolecular Hbond substituents is 1. The van der Waals surface area contributed by atoms with E-state index in [1.807, 2.05) is 0 Å². The fourth-order valence-electron chi connectivity index (χ4n) is 1.04. The zero-order valence-electron chi connectivity index (χ0n) is 7.78. The Hall–Kier alpha value is -1.75. The van der Waals surface area contributed by atoms with Crippen LogP contribution in [0.2, 0.25) is 0 Å². The van der Waals surface area contributed by atoms with Gasteiger partial charge < -0.3 is 15.3 Å². The molecule has 4 N–H and O–H groups in total. The Balaban J connectivity index is 3.01. The molecule has 1 rings (SSSR count). The highest BCUT2D eigenvalue weighted by Crippen LogP contribution is 2.21. The summed E-state index contributed by atoms with van der Waals surface area (Å²) in [5.74, 6) is 4.75. The van der Waals surface area contributed by atoms with E-state index in [2.05, 4.69) is 5.43 Å². The van der Waals surface area contributed by atoms with Crippen molar-refractivity contribution in [3.63, 3.8) is 0 Å². The Morgan fingerprint density at radius 3 is 2.93 bits per heavy atom. The lowest BCUT2D eigenvalue weighted by molar-refractivity contribution is 0.0527. The number of hydrogen-bond donors (Lipinski definition) is 3. The van der Waals surface area contributed by atoms with Crippen LogP contribution in [0.5, 0.6) is 5.75 Å². The number of aromatic hydroxyl groups is 1. The quantitative estimate of drug-likeness (QED) is 0.379. The highest BCUT2D eigenvalue weighted by atomic mass is 16.5. The number of hydrazine groups is 1. The van der Waals surface area contributed by atoms with Gasteiger partial charge in [0.25, 0.3) is 0 Å². The van der Waals surface area contributed by atoms with Crippen LogP contribution in [-0.2, 0) is 4.74 Å². The normalized spacial score (nSPS) is 9.57. The molecule has 5 nitrogen and oxygen atoms in total. The molecule has 0 aliphatic heterocycles. The zero-order chi connectivity index (χ0) is 10.6. The lowest BCUT2D eigenvalue weighted by atomic mass is 10.2. The smallest absolute Gasteiger partial charge is 0.340 e. The van der Waals surface area contributed by atoms with Crippen LogP contribution in [0.4, 0.5) is 5.69 Å². The summed E-state index contributed by atoms with van der Waals surface area (Å²) in [4.78, 5) is 11.3. The Labute approximate surface area is 81.5 Å². The van der Waals surface area contributed by atoms with Crippen LogP contribution in [0.25, 0.3) is 0 Å². The second-order valence-electron chi connectivity index (χ2n) is 2.59. The number of phenols is 1. The molecule has 0 fully saturated rings. The van der Waals surface area contributed by atoms with Crippen molar-refractivity contribution in [2.75, 3.05) is 12.0 Å². The minimum absolute atomic E-state index is 0.0333. The third-order valence-electron chi connectivity index (χ3n) is 1.65. The van der Waals surface area contributed by atoms with Crippen molar-refractivity contribution in [3.05, 3.63) is 23.8 Å². The average molecular weight is 196 g/mol. The van der Waals surface area contributed by atoms with Gasteiger partial charge in [-0.05, 0) is 19.1 Å². The van der Waals surface area contributed by atoms with Gasteiger partial charge in [0.05, 0.1) is 17.9 Å². The first-order valence-corrected chi connectivity index (χ1v) is 4.15. The summed E-state index contributed by atoms with van der Waals surface area (Å²) in [5.41, 5.74) is 2.95. The molecular formula is C9H12N2O3. The molecule has 0 aliphatic rings. The maximum absolute atomic E-state index is 11.3. The van der Waals surface area contributed by atoms with Crippen LogP contribution in [0.1, 0.15) is 17.3 Å². The Morgan fingerprint density at radius 2 is 2.36 bits per heavy atom. The monoisotopic (exact) mass is 196 g/mol. The van der Waals surface area contributed by atoms with Crippen LogP contribution >= 0.6 is 0 Å². The number of nitrogen functional groups attached to an aromatic ring is 1. The van der Waals surface area contributed by atoms with Gasteiger partial charge in [-0.2, -0.15) is 0 Å². The Morgan fingerprint density at radius 1 is 1.64 bits per heavy atom. The molecule has 0 bridgehead atoms. The molecule has 0 radical (unpaired) electrons. The fraction of sp³-hybridized carbons (Fsp3) is 0.222. The van der Waals surface area contributed by atoms with Gasteiger partial charge in [-0.15, -0.1) is 0 Å². The van der Waals surface area contributed by atoms with Gasteiger partial charge in [-0.25, -0.2) is 4.79 Å². The van der Waals surface area contributed by atoms with E-state index in [9.17, 15) is 4.79 Å². The minimum Gasteiger partial charge on any atom is -0.508 e. The molecule has 14 heavy (non-hydrogen) atoms. The van der Waals surface area contributed by atoms with Crippen molar-refractivity contribution in [1.29, 1.82) is 0 Å². The Bertz CT molecular complexity index is 339. The van der Waals surface area contributed by atoms with E-state index in [4.69, 9.17) is 15.7 Å². The maximum Gasteiger partial charge on any atom is 0.340 e. The third-order valence-corrected chi connectivity index (χ3v) is 1.65. The highest BCUT2D eigenvalue weighted by molar-refractivity contribution is 5.95. The number of nitrogens with two attached hydrogens (primary N) is 1. The van der Waals surface area contributed by atoms with E-state index in [0.717, 1.165) is 0 Å². The number of hydrogen-bond acceptors (Lipinski definition) is 5. The van der Waals surface area contributed by atoms with Crippen LogP contribution in [-0.4, -0.2) is 17.7 Å². The van der Waals surface area contributed by atoms with E-state index < -0.39 is 5.97 Å². The number of benzene rings is 1. The van der Waals surface area contributed by atoms with Crippen molar-refractivity contribution in [3.8, 4) is 5.75 Å². The summed E-state index contributed by atoms with van der Waals surface area (Å²) < 4.78 is 4.79. The first kappa shape index (κ1) is 10.3. The first-order chi connectivity index (χ1) is 6.69. The highest BCUT2D eigenvalue weighted by Gasteiger charge is 2.11. The molecule has 0 saturated heterocycles. The van der Waals surface area contributed by atoms with Gasteiger partial charge in [-0.3, -0.25) is 5.84 Å². The summed E-state index contributed by atoms with van der Waals surface area (Å²) in [5, 5.41) is 9.13. The van der Waals surface area contributed by atoms with E-state index in [0.29, 0.717) is 17.9 Å². The van der Waals surface area contributed by atoms with Gasteiger partial charge in [0.1, 0.15) is 5.75 Å². The topological polar surface area (TPSA) is 84.6 Å². The number of rotatable bonds is 3. The van der Waals surface area contributed by atoms with Crippen molar-refractivity contribution >= 4 is 11.7 Å². The molecule has 1 aromatic carbocycles. The molecule has 5 heteroatoms. The number of carbonyl (C=O) groups is 1. The van der Waals surface area contributed by atoms with Crippen LogP contribution in [0.3, 0.4) is 0 Å². The van der Waals surface area contributed by atoms with E-state index >= 15 is 0 Å². The maximum atomic E-state index is 11.3. The largest absolute Gasteiger partial charge is 0.508 e. The van der Waals surface area contributed by atoms with Gasteiger partial charge in [-0.1, -0.05) is 0 Å². The number of ether oxygens (including phenoxy) is 1. The second kappa shape index (κ2) is 4.48. The molecule has 0 aliphatic carbocycles. The van der Waals surface area contributed by atoms with Crippen LogP contribution < -0.4 is 11.3 Å². The summed E-state index contributed by atoms with van der Waals surface area (Å²) in [7, 11) is 0. The van der Waals surface area contributed by atoms with E-state index in [1.54, 1.807) is 6.92 Å². The molecule has 1 aromatic rings. The van der Waals surface area contributed by atoms with Crippen molar-refractivity contribution in [1.82, 2.24) is 0 Å². The van der Waals surface area contributed by atoms with Gasteiger partial charge in [0.15, 0.2) is 0 Å². The Kier molecular flexibility index (Phi) is 3.30. The molecule has 0 unspecified atom stereocenters. The summed E-state index contributed by atoms with van der Waals surface area (Å²) in [6, 6.07) is 4.20. The SMILES string of the molecule is CCOC(=O)c1ccc(O)cc1NN. The van der Waals surface area contributed by atoms with Gasteiger partial charge >= 0.3 is 5.97 Å². The summed E-state index contributed by atoms with van der Waals surface area (Å²) in [6.07, 6.45) is 0. The molecule has 76 valence electrons. The predicted octanol–water partition coefficient (Wildman–Crippen LogP) is 0.854. The zero-order valence-corrected chi connectivity index (χ0v) is 7.78. The molecule has 0 heterocycles. The summed E-state index contributed by atoms with van der Waals surface area (Å²) in [6.45, 7) is 2.01. The number of nitrogens with one attached hydrogen (secondary N) is 1. The molecule has 0 aromatic heterocycles. The van der Waals surface area contributed by atoms with Crippen molar-refractivity contribution in [2.24, 2.45) is 5.84 Å². The molecular weight excluding hydrogens is 184 g/mol. The first-order valence-electron chi connectivity index (χ1n) is 4.15. The van der Waals surface area contributed by atoms with Crippen LogP contribution in [0, 0.1) is 0 Å². The molecule has 0 atom stereocenters. The lowest BCUT2D eigenvalue weighted by Gasteiger charge is -2.07. The standard InChI is InChI=1S/C9H12N2O3/c1-2-14-9(13)7-4-3-6(12)5-8(7)11-10/h3-5,11-12H,2,10H2,1H3. The van der Waals surface area contributed by atoms with Crippen molar-refractivity contribution < 1.29 is 14.6 Å². The lowest BCUT2D eigenvalue weighted by Crippen LogP contribution is -2.13. The molecule has 0 saturated carbocycles. The van der Waals surface area contributed by atoms with E-state index in [-0.39, 0.29) is 5.75 Å². The number of anilines is 1. The fourth-order valence-corrected chi connectivity index (χ4v) is 1.04. The van der Waals surface area contributed by atoms with Crippen molar-refractivity contribution in [2.45, 2.75) is 6.92 Å². The number of carbonyl (C=O) groups excluding carboxylic acids is 1. The van der Waals surface area contributed by atoms with E-state index in [1.165, 1.54) is 18.2 Å². The molecule has 0 spiro atoms. The number of esters is 1. The van der Waals surface area contributed by atoms with Gasteiger partial charge in [0.2, 0.25) is 0 Å².